The van der Waals surface area contributed by atoms with Gasteiger partial charge in [-0.1, -0.05) is 43.3 Å². The fourth-order valence-electron chi connectivity index (χ4n) is 1.49. The summed E-state index contributed by atoms with van der Waals surface area (Å²) in [5, 5.41) is 0. The van der Waals surface area contributed by atoms with E-state index in [1.807, 2.05) is 67.6 Å². The van der Waals surface area contributed by atoms with Crippen LogP contribution in [0.15, 0.2) is 60.7 Å². The summed E-state index contributed by atoms with van der Waals surface area (Å²) in [6.45, 7) is 2.04. The molecule has 0 fully saturated rings. The molecule has 2 rings (SSSR count). The van der Waals surface area contributed by atoms with Gasteiger partial charge in [0.05, 0.1) is 0 Å². The highest BCUT2D eigenvalue weighted by Crippen LogP contribution is 2.15. The molecule has 0 saturated carbocycles. The minimum absolute atomic E-state index is 0.250. The standard InChI is InChI=1S/C14H15BO2/c1-2-15(16-13-9-5-3-6-10-13)17-14-11-7-4-8-12-14/h3-12H,2H2,1H3. The van der Waals surface area contributed by atoms with E-state index in [4.69, 9.17) is 9.31 Å². The molecule has 0 aromatic heterocycles. The first kappa shape index (κ1) is 11.6. The molecule has 0 amide bonds. The van der Waals surface area contributed by atoms with Gasteiger partial charge in [0.2, 0.25) is 0 Å². The number of para-hydroxylation sites is 2. The van der Waals surface area contributed by atoms with E-state index in [0.717, 1.165) is 17.8 Å². The maximum atomic E-state index is 5.75. The fraction of sp³-hybridized carbons (Fsp3) is 0.143. The molecule has 0 saturated heterocycles. The average molecular weight is 226 g/mol. The molecule has 0 aliphatic heterocycles. The normalized spacial score (nSPS) is 9.71. The first-order valence-corrected chi connectivity index (χ1v) is 5.82. The van der Waals surface area contributed by atoms with E-state index in [-0.39, 0.29) is 7.12 Å². The van der Waals surface area contributed by atoms with Gasteiger partial charge in [-0.25, -0.2) is 0 Å². The lowest BCUT2D eigenvalue weighted by molar-refractivity contribution is 0.423. The van der Waals surface area contributed by atoms with Gasteiger partial charge in [0.1, 0.15) is 11.5 Å². The van der Waals surface area contributed by atoms with E-state index in [0.29, 0.717) is 0 Å². The quantitative estimate of drug-likeness (QED) is 0.724. The SMILES string of the molecule is CCB(Oc1ccccc1)Oc1ccccc1. The molecule has 0 spiro atoms. The van der Waals surface area contributed by atoms with Crippen molar-refractivity contribution in [2.45, 2.75) is 13.2 Å². The molecule has 0 atom stereocenters. The van der Waals surface area contributed by atoms with Gasteiger partial charge in [-0.05, 0) is 24.3 Å². The summed E-state index contributed by atoms with van der Waals surface area (Å²) in [7, 11) is -0.250. The second-order valence-corrected chi connectivity index (χ2v) is 3.70. The Balaban J connectivity index is 1.98. The number of hydrogen-bond acceptors (Lipinski definition) is 2. The second-order valence-electron chi connectivity index (χ2n) is 3.70. The summed E-state index contributed by atoms with van der Waals surface area (Å²) in [4.78, 5) is 0. The van der Waals surface area contributed by atoms with Crippen LogP contribution in [0, 0.1) is 0 Å². The van der Waals surface area contributed by atoms with Gasteiger partial charge in [0.25, 0.3) is 0 Å². The van der Waals surface area contributed by atoms with Gasteiger partial charge in [0.15, 0.2) is 0 Å². The van der Waals surface area contributed by atoms with Crippen molar-refractivity contribution in [1.29, 1.82) is 0 Å². The van der Waals surface area contributed by atoms with Crippen molar-refractivity contribution < 1.29 is 9.31 Å². The number of hydrogen-bond donors (Lipinski definition) is 0. The Bertz CT molecular complexity index is 389. The maximum Gasteiger partial charge on any atom is 0.594 e. The lowest BCUT2D eigenvalue weighted by Crippen LogP contribution is -2.28. The molecule has 0 N–H and O–H groups in total. The zero-order valence-corrected chi connectivity index (χ0v) is 9.87. The molecule has 0 unspecified atom stereocenters. The lowest BCUT2D eigenvalue weighted by Gasteiger charge is -2.15. The zero-order chi connectivity index (χ0) is 11.9. The molecular formula is C14H15BO2. The molecule has 2 aromatic rings. The smallest absolute Gasteiger partial charge is 0.526 e. The van der Waals surface area contributed by atoms with Crippen LogP contribution in [0.2, 0.25) is 6.32 Å². The minimum Gasteiger partial charge on any atom is -0.526 e. The van der Waals surface area contributed by atoms with Gasteiger partial charge in [-0.2, -0.15) is 0 Å². The first-order valence-electron chi connectivity index (χ1n) is 5.82. The molecule has 86 valence electrons. The van der Waals surface area contributed by atoms with Crippen LogP contribution in [0.5, 0.6) is 11.5 Å². The molecule has 17 heavy (non-hydrogen) atoms. The zero-order valence-electron chi connectivity index (χ0n) is 9.87. The number of rotatable bonds is 5. The molecule has 0 heterocycles. The highest BCUT2D eigenvalue weighted by Gasteiger charge is 2.19. The topological polar surface area (TPSA) is 18.5 Å². The van der Waals surface area contributed by atoms with Crippen LogP contribution in [0.4, 0.5) is 0 Å². The Morgan fingerprint density at radius 3 is 1.53 bits per heavy atom. The van der Waals surface area contributed by atoms with Crippen LogP contribution in [-0.2, 0) is 0 Å². The van der Waals surface area contributed by atoms with Crippen LogP contribution >= 0.6 is 0 Å². The predicted molar refractivity (Wildman–Crippen MR) is 70.4 cm³/mol. The van der Waals surface area contributed by atoms with E-state index in [1.165, 1.54) is 0 Å². The summed E-state index contributed by atoms with van der Waals surface area (Å²) < 4.78 is 11.5. The van der Waals surface area contributed by atoms with Crippen molar-refractivity contribution in [3.05, 3.63) is 60.7 Å². The van der Waals surface area contributed by atoms with Crippen molar-refractivity contribution in [3.8, 4) is 11.5 Å². The van der Waals surface area contributed by atoms with E-state index >= 15 is 0 Å². The van der Waals surface area contributed by atoms with Crippen LogP contribution in [0.3, 0.4) is 0 Å². The van der Waals surface area contributed by atoms with Crippen molar-refractivity contribution in [2.24, 2.45) is 0 Å². The van der Waals surface area contributed by atoms with E-state index < -0.39 is 0 Å². The van der Waals surface area contributed by atoms with Crippen molar-refractivity contribution in [3.63, 3.8) is 0 Å². The predicted octanol–water partition coefficient (Wildman–Crippen LogP) is 3.65. The molecule has 0 bridgehead atoms. The molecular weight excluding hydrogens is 211 g/mol. The third-order valence-corrected chi connectivity index (χ3v) is 2.35. The highest BCUT2D eigenvalue weighted by molar-refractivity contribution is 6.46. The largest absolute Gasteiger partial charge is 0.594 e. The molecule has 0 aliphatic carbocycles. The van der Waals surface area contributed by atoms with Crippen molar-refractivity contribution in [2.75, 3.05) is 0 Å². The fourth-order valence-corrected chi connectivity index (χ4v) is 1.49. The van der Waals surface area contributed by atoms with Gasteiger partial charge < -0.3 is 9.31 Å². The van der Waals surface area contributed by atoms with Gasteiger partial charge in [-0.3, -0.25) is 0 Å². The van der Waals surface area contributed by atoms with Crippen LogP contribution in [0.1, 0.15) is 6.92 Å². The third-order valence-electron chi connectivity index (χ3n) is 2.35. The first-order chi connectivity index (χ1) is 8.38. The summed E-state index contributed by atoms with van der Waals surface area (Å²) in [6, 6.07) is 19.4. The summed E-state index contributed by atoms with van der Waals surface area (Å²) >= 11 is 0. The van der Waals surface area contributed by atoms with Crippen LogP contribution < -0.4 is 9.31 Å². The highest BCUT2D eigenvalue weighted by atomic mass is 16.6. The number of benzene rings is 2. The van der Waals surface area contributed by atoms with Crippen LogP contribution in [0.25, 0.3) is 0 Å². The molecule has 2 aromatic carbocycles. The lowest BCUT2D eigenvalue weighted by atomic mass is 9.85. The van der Waals surface area contributed by atoms with Gasteiger partial charge in [-0.15, -0.1) is 0 Å². The van der Waals surface area contributed by atoms with Crippen molar-refractivity contribution in [1.82, 2.24) is 0 Å². The summed E-state index contributed by atoms with van der Waals surface area (Å²) in [5.74, 6) is 1.66. The Morgan fingerprint density at radius 1 is 0.765 bits per heavy atom. The second kappa shape index (κ2) is 5.99. The van der Waals surface area contributed by atoms with E-state index in [1.54, 1.807) is 0 Å². The van der Waals surface area contributed by atoms with E-state index in [2.05, 4.69) is 0 Å². The monoisotopic (exact) mass is 226 g/mol. The van der Waals surface area contributed by atoms with E-state index in [9.17, 15) is 0 Å². The van der Waals surface area contributed by atoms with Gasteiger partial charge in [0, 0.05) is 6.32 Å². The minimum atomic E-state index is -0.250. The average Bonchev–Trinajstić information content (AvgIpc) is 2.40. The van der Waals surface area contributed by atoms with Crippen molar-refractivity contribution >= 4 is 7.12 Å². The third kappa shape index (κ3) is 3.56. The van der Waals surface area contributed by atoms with Gasteiger partial charge >= 0.3 is 7.12 Å². The molecule has 2 nitrogen and oxygen atoms in total. The summed E-state index contributed by atoms with van der Waals surface area (Å²) in [6.07, 6.45) is 0.795. The Morgan fingerprint density at radius 2 is 1.18 bits per heavy atom. The Kier molecular flexibility index (Phi) is 4.08. The summed E-state index contributed by atoms with van der Waals surface area (Å²) in [5.41, 5.74) is 0. The molecule has 0 radical (unpaired) electrons. The Labute approximate surface area is 102 Å². The molecule has 3 heteroatoms. The maximum absolute atomic E-state index is 5.75. The molecule has 0 aliphatic rings. The van der Waals surface area contributed by atoms with Crippen LogP contribution in [-0.4, -0.2) is 7.12 Å². The Hall–Kier alpha value is -1.90.